The average molecular weight is 189 g/mol. The number of aryl methyl sites for hydroxylation is 1. The van der Waals surface area contributed by atoms with E-state index in [1.807, 2.05) is 25.4 Å². The molecule has 4 nitrogen and oxygen atoms in total. The van der Waals surface area contributed by atoms with Gasteiger partial charge in [-0.25, -0.2) is 0 Å². The molecule has 0 radical (unpaired) electrons. The normalized spacial score (nSPS) is 10.4. The Labute approximate surface area is 81.6 Å². The topological polar surface area (TPSA) is 64.1 Å². The number of hydrogen-bond acceptors (Lipinski definition) is 3. The molecule has 0 atom stereocenters. The molecule has 2 rings (SSSR count). The van der Waals surface area contributed by atoms with Gasteiger partial charge in [-0.2, -0.15) is 5.10 Å². The second-order valence-electron chi connectivity index (χ2n) is 3.15. The number of benzene rings is 1. The standard InChI is InChI=1S/C10H11N3O/c1-13-6-9(10(11)12-13)7-2-4-8(14)5-3-7/h2-6,14H,1H3,(H2,11,12). The minimum Gasteiger partial charge on any atom is -0.508 e. The Morgan fingerprint density at radius 1 is 1.29 bits per heavy atom. The fourth-order valence-corrected chi connectivity index (χ4v) is 1.37. The van der Waals surface area contributed by atoms with Crippen molar-refractivity contribution in [3.8, 4) is 16.9 Å². The summed E-state index contributed by atoms with van der Waals surface area (Å²) >= 11 is 0. The van der Waals surface area contributed by atoms with Crippen LogP contribution in [0.4, 0.5) is 5.82 Å². The Bertz CT molecular complexity index is 445. The molecule has 0 aliphatic carbocycles. The summed E-state index contributed by atoms with van der Waals surface area (Å²) < 4.78 is 1.66. The third-order valence-electron chi connectivity index (χ3n) is 2.04. The predicted molar refractivity (Wildman–Crippen MR) is 54.7 cm³/mol. The third kappa shape index (κ3) is 1.42. The number of phenols is 1. The van der Waals surface area contributed by atoms with Crippen molar-refractivity contribution in [3.63, 3.8) is 0 Å². The van der Waals surface area contributed by atoms with E-state index in [1.54, 1.807) is 16.8 Å². The molecule has 14 heavy (non-hydrogen) atoms. The molecule has 0 bridgehead atoms. The van der Waals surface area contributed by atoms with E-state index in [1.165, 1.54) is 0 Å². The largest absolute Gasteiger partial charge is 0.508 e. The number of anilines is 1. The molecule has 4 heteroatoms. The number of nitrogens with zero attached hydrogens (tertiary/aromatic N) is 2. The first-order chi connectivity index (χ1) is 6.66. The minimum absolute atomic E-state index is 0.246. The van der Waals surface area contributed by atoms with E-state index in [-0.39, 0.29) is 5.75 Å². The molecule has 0 amide bonds. The van der Waals surface area contributed by atoms with Crippen molar-refractivity contribution in [2.75, 3.05) is 5.73 Å². The van der Waals surface area contributed by atoms with Crippen molar-refractivity contribution in [3.05, 3.63) is 30.5 Å². The highest BCUT2D eigenvalue weighted by atomic mass is 16.3. The zero-order valence-corrected chi connectivity index (χ0v) is 7.81. The Hall–Kier alpha value is -1.97. The number of phenolic OH excluding ortho intramolecular Hbond substituents is 1. The lowest BCUT2D eigenvalue weighted by Crippen LogP contribution is -1.90. The smallest absolute Gasteiger partial charge is 0.153 e. The number of nitrogens with two attached hydrogens (primary N) is 1. The molecule has 3 N–H and O–H groups in total. The quantitative estimate of drug-likeness (QED) is 0.712. The van der Waals surface area contributed by atoms with Gasteiger partial charge >= 0.3 is 0 Å². The molecule has 0 saturated heterocycles. The molecule has 0 aliphatic rings. The Morgan fingerprint density at radius 3 is 2.43 bits per heavy atom. The maximum Gasteiger partial charge on any atom is 0.153 e. The second-order valence-corrected chi connectivity index (χ2v) is 3.15. The highest BCUT2D eigenvalue weighted by Gasteiger charge is 2.05. The van der Waals surface area contributed by atoms with E-state index in [0.29, 0.717) is 5.82 Å². The van der Waals surface area contributed by atoms with Crippen LogP contribution in [0.2, 0.25) is 0 Å². The van der Waals surface area contributed by atoms with Gasteiger partial charge in [0, 0.05) is 18.8 Å². The fraction of sp³-hybridized carbons (Fsp3) is 0.100. The maximum atomic E-state index is 9.13. The first kappa shape index (κ1) is 8.62. The minimum atomic E-state index is 0.246. The summed E-state index contributed by atoms with van der Waals surface area (Å²) in [7, 11) is 1.82. The SMILES string of the molecule is Cn1cc(-c2ccc(O)cc2)c(N)n1. The number of aromatic hydroxyl groups is 1. The molecule has 1 aromatic heterocycles. The van der Waals surface area contributed by atoms with Gasteiger partial charge in [0.25, 0.3) is 0 Å². The molecule has 0 spiro atoms. The van der Waals surface area contributed by atoms with Gasteiger partial charge in [0.2, 0.25) is 0 Å². The summed E-state index contributed by atoms with van der Waals surface area (Å²) in [4.78, 5) is 0. The zero-order valence-electron chi connectivity index (χ0n) is 7.81. The van der Waals surface area contributed by atoms with Crippen molar-refractivity contribution in [1.82, 2.24) is 9.78 Å². The summed E-state index contributed by atoms with van der Waals surface area (Å²) in [6.45, 7) is 0. The van der Waals surface area contributed by atoms with E-state index in [4.69, 9.17) is 10.8 Å². The van der Waals surface area contributed by atoms with Crippen molar-refractivity contribution >= 4 is 5.82 Å². The van der Waals surface area contributed by atoms with Gasteiger partial charge in [-0.05, 0) is 17.7 Å². The van der Waals surface area contributed by atoms with Crippen LogP contribution in [0.3, 0.4) is 0 Å². The number of hydrogen-bond donors (Lipinski definition) is 2. The Kier molecular flexibility index (Phi) is 1.89. The molecule has 1 aromatic carbocycles. The lowest BCUT2D eigenvalue weighted by molar-refractivity contribution is 0.475. The van der Waals surface area contributed by atoms with Crippen LogP contribution < -0.4 is 5.73 Å². The molecule has 0 aliphatic heterocycles. The van der Waals surface area contributed by atoms with Crippen LogP contribution in [0, 0.1) is 0 Å². The van der Waals surface area contributed by atoms with E-state index < -0.39 is 0 Å². The van der Waals surface area contributed by atoms with Gasteiger partial charge in [-0.3, -0.25) is 4.68 Å². The van der Waals surface area contributed by atoms with Crippen LogP contribution in [-0.2, 0) is 7.05 Å². The maximum absolute atomic E-state index is 9.13. The first-order valence-corrected chi connectivity index (χ1v) is 4.25. The van der Waals surface area contributed by atoms with Crippen molar-refractivity contribution in [2.24, 2.45) is 7.05 Å². The van der Waals surface area contributed by atoms with Gasteiger partial charge < -0.3 is 10.8 Å². The number of nitrogen functional groups attached to an aromatic ring is 1. The summed E-state index contributed by atoms with van der Waals surface area (Å²) in [6, 6.07) is 6.87. The van der Waals surface area contributed by atoms with Crippen LogP contribution in [-0.4, -0.2) is 14.9 Å². The number of aromatic nitrogens is 2. The Morgan fingerprint density at radius 2 is 1.93 bits per heavy atom. The van der Waals surface area contributed by atoms with Crippen LogP contribution in [0.5, 0.6) is 5.75 Å². The second kappa shape index (κ2) is 3.06. The summed E-state index contributed by atoms with van der Waals surface area (Å²) in [5.74, 6) is 0.745. The molecule has 1 heterocycles. The van der Waals surface area contributed by atoms with Crippen molar-refractivity contribution < 1.29 is 5.11 Å². The van der Waals surface area contributed by atoms with Crippen molar-refractivity contribution in [1.29, 1.82) is 0 Å². The van der Waals surface area contributed by atoms with Gasteiger partial charge in [0.1, 0.15) is 5.75 Å². The van der Waals surface area contributed by atoms with E-state index in [0.717, 1.165) is 11.1 Å². The highest BCUT2D eigenvalue weighted by Crippen LogP contribution is 2.25. The molecular weight excluding hydrogens is 178 g/mol. The predicted octanol–water partition coefficient (Wildman–Crippen LogP) is 1.37. The zero-order chi connectivity index (χ0) is 10.1. The fourth-order valence-electron chi connectivity index (χ4n) is 1.37. The van der Waals surface area contributed by atoms with Crippen LogP contribution in [0.15, 0.2) is 30.5 Å². The molecule has 0 saturated carbocycles. The van der Waals surface area contributed by atoms with E-state index in [2.05, 4.69) is 5.10 Å². The lowest BCUT2D eigenvalue weighted by Gasteiger charge is -1.98. The summed E-state index contributed by atoms with van der Waals surface area (Å²) in [5, 5.41) is 13.2. The third-order valence-corrected chi connectivity index (χ3v) is 2.04. The highest BCUT2D eigenvalue weighted by molar-refractivity contribution is 5.73. The first-order valence-electron chi connectivity index (χ1n) is 4.25. The molecular formula is C10H11N3O. The molecule has 2 aromatic rings. The number of rotatable bonds is 1. The average Bonchev–Trinajstić information content (AvgIpc) is 2.47. The van der Waals surface area contributed by atoms with Gasteiger partial charge in [-0.15, -0.1) is 0 Å². The lowest BCUT2D eigenvalue weighted by atomic mass is 10.1. The van der Waals surface area contributed by atoms with Gasteiger partial charge in [-0.1, -0.05) is 12.1 Å². The van der Waals surface area contributed by atoms with Crippen LogP contribution in [0.25, 0.3) is 11.1 Å². The Balaban J connectivity index is 2.49. The monoisotopic (exact) mass is 189 g/mol. The molecule has 0 unspecified atom stereocenters. The van der Waals surface area contributed by atoms with E-state index in [9.17, 15) is 0 Å². The van der Waals surface area contributed by atoms with Crippen LogP contribution in [0.1, 0.15) is 0 Å². The van der Waals surface area contributed by atoms with Crippen LogP contribution >= 0.6 is 0 Å². The van der Waals surface area contributed by atoms with Crippen molar-refractivity contribution in [2.45, 2.75) is 0 Å². The van der Waals surface area contributed by atoms with Gasteiger partial charge in [0.15, 0.2) is 5.82 Å². The summed E-state index contributed by atoms with van der Waals surface area (Å²) in [5.41, 5.74) is 7.55. The summed E-state index contributed by atoms with van der Waals surface area (Å²) in [6.07, 6.45) is 1.85. The van der Waals surface area contributed by atoms with E-state index >= 15 is 0 Å². The molecule has 72 valence electrons. The molecule has 0 fully saturated rings. The van der Waals surface area contributed by atoms with Gasteiger partial charge in [0.05, 0.1) is 0 Å².